The normalized spacial score (nSPS) is 48.7. The summed E-state index contributed by atoms with van der Waals surface area (Å²) in [5, 5.41) is 0. The highest BCUT2D eigenvalue weighted by Gasteiger charge is 2.56. The zero-order valence-corrected chi connectivity index (χ0v) is 16.6. The third-order valence-electron chi connectivity index (χ3n) is 8.12. The standard InChI is InChI=1S/C22H33NO3/c1-13-6-5-7-22(4)10-20-16(9-18(13)22)17(21(25)26-20)12-23-11-14(2)19(24)8-15(23)3/h14-18,20H,1,5-12H2,2-4H3/p+1/t14-,15+,16-,17+,18-,20+,22+/m1/s1. The van der Waals surface area contributed by atoms with Crippen LogP contribution >= 0.6 is 0 Å². The molecule has 2 saturated heterocycles. The van der Waals surface area contributed by atoms with Gasteiger partial charge in [0.2, 0.25) is 0 Å². The third kappa shape index (κ3) is 2.94. The highest BCUT2D eigenvalue weighted by molar-refractivity contribution is 5.81. The summed E-state index contributed by atoms with van der Waals surface area (Å²) >= 11 is 0. The second-order valence-corrected chi connectivity index (χ2v) is 9.94. The number of ketones is 1. The summed E-state index contributed by atoms with van der Waals surface area (Å²) in [5.41, 5.74) is 1.66. The van der Waals surface area contributed by atoms with Crippen LogP contribution in [-0.4, -0.2) is 37.0 Å². The van der Waals surface area contributed by atoms with Crippen LogP contribution in [0.1, 0.15) is 59.3 Å². The molecule has 8 atom stereocenters. The number of carbonyl (C=O) groups excluding carboxylic acids is 2. The van der Waals surface area contributed by atoms with E-state index in [1.54, 1.807) is 0 Å². The van der Waals surface area contributed by atoms with Crippen LogP contribution in [0.2, 0.25) is 0 Å². The first-order valence-electron chi connectivity index (χ1n) is 10.5. The number of nitrogens with one attached hydrogen (secondary N) is 1. The van der Waals surface area contributed by atoms with Gasteiger partial charge in [0.05, 0.1) is 31.5 Å². The van der Waals surface area contributed by atoms with Crippen molar-refractivity contribution < 1.29 is 19.2 Å². The molecule has 0 aromatic heterocycles. The molecule has 4 heteroatoms. The van der Waals surface area contributed by atoms with Gasteiger partial charge in [-0.2, -0.15) is 0 Å². The van der Waals surface area contributed by atoms with Crippen LogP contribution in [0.3, 0.4) is 0 Å². The van der Waals surface area contributed by atoms with Crippen LogP contribution < -0.4 is 4.90 Å². The molecule has 0 amide bonds. The predicted molar refractivity (Wildman–Crippen MR) is 99.6 cm³/mol. The molecule has 4 aliphatic rings. The third-order valence-corrected chi connectivity index (χ3v) is 8.12. The number of quaternary nitrogens is 1. The van der Waals surface area contributed by atoms with E-state index in [2.05, 4.69) is 20.4 Å². The van der Waals surface area contributed by atoms with Crippen molar-refractivity contribution in [3.8, 4) is 0 Å². The molecule has 144 valence electrons. The molecule has 0 bridgehead atoms. The van der Waals surface area contributed by atoms with Crippen molar-refractivity contribution in [3.05, 3.63) is 12.2 Å². The van der Waals surface area contributed by atoms with E-state index in [0.717, 1.165) is 32.4 Å². The van der Waals surface area contributed by atoms with Crippen molar-refractivity contribution in [2.45, 2.75) is 71.4 Å². The van der Waals surface area contributed by atoms with Crippen LogP contribution in [0.15, 0.2) is 12.2 Å². The molecule has 2 saturated carbocycles. The molecule has 2 aliphatic carbocycles. The summed E-state index contributed by atoms with van der Waals surface area (Å²) in [6.45, 7) is 12.6. The van der Waals surface area contributed by atoms with E-state index in [9.17, 15) is 9.59 Å². The lowest BCUT2D eigenvalue weighted by molar-refractivity contribution is -0.930. The van der Waals surface area contributed by atoms with Gasteiger partial charge in [-0.3, -0.25) is 9.59 Å². The fourth-order valence-electron chi connectivity index (χ4n) is 6.41. The zero-order chi connectivity index (χ0) is 18.6. The number of Topliss-reactive ketones (excluding diaryl/α,β-unsaturated/α-hetero) is 1. The van der Waals surface area contributed by atoms with Gasteiger partial charge in [-0.05, 0) is 50.4 Å². The average Bonchev–Trinajstić information content (AvgIpc) is 2.85. The molecule has 4 rings (SSSR count). The van der Waals surface area contributed by atoms with Crippen LogP contribution in [0, 0.1) is 29.1 Å². The second-order valence-electron chi connectivity index (χ2n) is 9.94. The monoisotopic (exact) mass is 360 g/mol. The van der Waals surface area contributed by atoms with Crippen molar-refractivity contribution in [2.75, 3.05) is 13.1 Å². The van der Waals surface area contributed by atoms with Gasteiger partial charge in [0.1, 0.15) is 17.8 Å². The number of ether oxygens (including phenoxy) is 1. The molecule has 4 nitrogen and oxygen atoms in total. The Morgan fingerprint density at radius 3 is 2.85 bits per heavy atom. The zero-order valence-electron chi connectivity index (χ0n) is 16.6. The number of carbonyl (C=O) groups is 2. The van der Waals surface area contributed by atoms with Crippen molar-refractivity contribution in [1.29, 1.82) is 0 Å². The lowest BCUT2D eigenvalue weighted by atomic mass is 9.55. The van der Waals surface area contributed by atoms with Crippen LogP contribution in [0.5, 0.6) is 0 Å². The second kappa shape index (κ2) is 6.47. The molecule has 0 radical (unpaired) electrons. The van der Waals surface area contributed by atoms with Gasteiger partial charge in [-0.25, -0.2) is 0 Å². The maximum atomic E-state index is 12.7. The minimum atomic E-state index is -0.00266. The Kier molecular flexibility index (Phi) is 4.53. The minimum Gasteiger partial charge on any atom is -0.462 e. The van der Waals surface area contributed by atoms with Gasteiger partial charge >= 0.3 is 5.97 Å². The fourth-order valence-corrected chi connectivity index (χ4v) is 6.41. The lowest BCUT2D eigenvalue weighted by Crippen LogP contribution is -3.18. The number of esters is 1. The van der Waals surface area contributed by atoms with Gasteiger partial charge < -0.3 is 9.64 Å². The van der Waals surface area contributed by atoms with Gasteiger partial charge in [-0.15, -0.1) is 0 Å². The first-order valence-corrected chi connectivity index (χ1v) is 10.5. The predicted octanol–water partition coefficient (Wildman–Crippen LogP) is 2.18. The molecule has 0 aromatic carbocycles. The van der Waals surface area contributed by atoms with Gasteiger partial charge in [0.25, 0.3) is 0 Å². The molecule has 4 fully saturated rings. The number of rotatable bonds is 2. The highest BCUT2D eigenvalue weighted by Crippen LogP contribution is 2.56. The lowest BCUT2D eigenvalue weighted by Gasteiger charge is -2.50. The summed E-state index contributed by atoms with van der Waals surface area (Å²) < 4.78 is 5.90. The van der Waals surface area contributed by atoms with E-state index in [1.165, 1.54) is 23.3 Å². The number of allylic oxidation sites excluding steroid dienone is 1. The molecule has 0 spiro atoms. The summed E-state index contributed by atoms with van der Waals surface area (Å²) in [5.74, 6) is 1.38. The van der Waals surface area contributed by atoms with Crippen molar-refractivity contribution in [2.24, 2.45) is 29.1 Å². The Morgan fingerprint density at radius 1 is 1.31 bits per heavy atom. The first kappa shape index (κ1) is 18.2. The molecular weight excluding hydrogens is 326 g/mol. The first-order chi connectivity index (χ1) is 12.3. The highest BCUT2D eigenvalue weighted by atomic mass is 16.6. The molecule has 1 unspecified atom stereocenters. The summed E-state index contributed by atoms with van der Waals surface area (Å²) in [7, 11) is 0. The SMILES string of the molecule is C=C1CCC[C@@]2(C)C[C@@H]3OC(=O)[C@@H](C[NH+]4C[C@@H](C)C(=O)C[C@@H]4C)[C@H]3C[C@H]12. The number of fused-ring (bicyclic) bond motifs is 2. The topological polar surface area (TPSA) is 47.8 Å². The van der Waals surface area contributed by atoms with Gasteiger partial charge in [-0.1, -0.05) is 26.0 Å². The number of hydrogen-bond donors (Lipinski definition) is 1. The Balaban J connectivity index is 1.51. The van der Waals surface area contributed by atoms with Crippen molar-refractivity contribution in [3.63, 3.8) is 0 Å². The van der Waals surface area contributed by atoms with E-state index in [-0.39, 0.29) is 29.3 Å². The van der Waals surface area contributed by atoms with E-state index in [4.69, 9.17) is 4.74 Å². The van der Waals surface area contributed by atoms with E-state index in [0.29, 0.717) is 30.1 Å². The number of hydrogen-bond acceptors (Lipinski definition) is 3. The molecular formula is C22H34NO3+. The van der Waals surface area contributed by atoms with E-state index < -0.39 is 0 Å². The number of piperidine rings is 1. The summed E-state index contributed by atoms with van der Waals surface area (Å²) in [6.07, 6.45) is 6.40. The Hall–Kier alpha value is -1.16. The molecule has 2 aliphatic heterocycles. The van der Waals surface area contributed by atoms with Crippen LogP contribution in [-0.2, 0) is 14.3 Å². The Labute approximate surface area is 157 Å². The quantitative estimate of drug-likeness (QED) is 0.607. The average molecular weight is 361 g/mol. The fraction of sp³-hybridized carbons (Fsp3) is 0.818. The molecule has 2 heterocycles. The molecule has 26 heavy (non-hydrogen) atoms. The van der Waals surface area contributed by atoms with Crippen molar-refractivity contribution in [1.82, 2.24) is 0 Å². The summed E-state index contributed by atoms with van der Waals surface area (Å²) in [4.78, 5) is 26.1. The Bertz CT molecular complexity index is 629. The maximum Gasteiger partial charge on any atom is 0.315 e. The minimum absolute atomic E-state index is 0.00266. The molecule has 0 aromatic rings. The van der Waals surface area contributed by atoms with Gasteiger partial charge in [0.15, 0.2) is 0 Å². The van der Waals surface area contributed by atoms with E-state index >= 15 is 0 Å². The summed E-state index contributed by atoms with van der Waals surface area (Å²) in [6, 6.07) is 0.309. The van der Waals surface area contributed by atoms with Crippen LogP contribution in [0.25, 0.3) is 0 Å². The largest absolute Gasteiger partial charge is 0.462 e. The molecule has 1 N–H and O–H groups in total. The van der Waals surface area contributed by atoms with Crippen molar-refractivity contribution >= 4 is 11.8 Å². The van der Waals surface area contributed by atoms with Crippen LogP contribution in [0.4, 0.5) is 0 Å². The van der Waals surface area contributed by atoms with Gasteiger partial charge in [0, 0.05) is 5.92 Å². The van der Waals surface area contributed by atoms with E-state index in [1.807, 2.05) is 6.92 Å². The maximum absolute atomic E-state index is 12.7. The smallest absolute Gasteiger partial charge is 0.315 e. The number of likely N-dealkylation sites (tertiary alicyclic amines) is 1. The Morgan fingerprint density at radius 2 is 2.08 bits per heavy atom.